The SMILES string of the molecule is O=C(NCc1cn2cccc(O)c2n1)c1ccc(F)c(F)c1F. The molecule has 1 aromatic carbocycles. The van der Waals surface area contributed by atoms with Crippen LogP contribution >= 0.6 is 0 Å². The predicted octanol–water partition coefficient (Wildman–Crippen LogP) is 2.39. The molecule has 0 radical (unpaired) electrons. The van der Waals surface area contributed by atoms with E-state index in [0.717, 1.165) is 6.07 Å². The number of carbonyl (C=O) groups excluding carboxylic acids is 1. The van der Waals surface area contributed by atoms with E-state index in [1.54, 1.807) is 22.9 Å². The minimum Gasteiger partial charge on any atom is -0.504 e. The second-order valence-corrected chi connectivity index (χ2v) is 4.76. The molecular formula is C15H10F3N3O2. The molecule has 3 aromatic rings. The summed E-state index contributed by atoms with van der Waals surface area (Å²) in [6, 6.07) is 4.61. The quantitative estimate of drug-likeness (QED) is 0.728. The summed E-state index contributed by atoms with van der Waals surface area (Å²) in [7, 11) is 0. The van der Waals surface area contributed by atoms with Gasteiger partial charge in [-0.1, -0.05) is 0 Å². The molecule has 0 aliphatic rings. The Hall–Kier alpha value is -3.03. The summed E-state index contributed by atoms with van der Waals surface area (Å²) < 4.78 is 41.1. The lowest BCUT2D eigenvalue weighted by atomic mass is 10.2. The van der Waals surface area contributed by atoms with Crippen LogP contribution < -0.4 is 5.32 Å². The van der Waals surface area contributed by atoms with E-state index in [2.05, 4.69) is 10.3 Å². The van der Waals surface area contributed by atoms with Gasteiger partial charge in [0.1, 0.15) is 0 Å². The van der Waals surface area contributed by atoms with E-state index in [0.29, 0.717) is 17.4 Å². The third-order valence-corrected chi connectivity index (χ3v) is 3.22. The maximum Gasteiger partial charge on any atom is 0.254 e. The second-order valence-electron chi connectivity index (χ2n) is 4.76. The molecule has 118 valence electrons. The number of amides is 1. The maximum atomic E-state index is 13.5. The van der Waals surface area contributed by atoms with Gasteiger partial charge < -0.3 is 14.8 Å². The van der Waals surface area contributed by atoms with E-state index in [4.69, 9.17) is 0 Å². The van der Waals surface area contributed by atoms with Crippen LogP contribution in [0.1, 0.15) is 16.1 Å². The van der Waals surface area contributed by atoms with E-state index in [1.165, 1.54) is 6.07 Å². The number of carbonyl (C=O) groups is 1. The number of nitrogens with zero attached hydrogens (tertiary/aromatic N) is 2. The highest BCUT2D eigenvalue weighted by Gasteiger charge is 2.18. The average molecular weight is 321 g/mol. The van der Waals surface area contributed by atoms with Crippen LogP contribution in [0, 0.1) is 17.5 Å². The van der Waals surface area contributed by atoms with Gasteiger partial charge in [-0.2, -0.15) is 0 Å². The molecule has 23 heavy (non-hydrogen) atoms. The zero-order chi connectivity index (χ0) is 16.6. The van der Waals surface area contributed by atoms with Crippen molar-refractivity contribution in [2.45, 2.75) is 6.54 Å². The Labute approximate surface area is 128 Å². The fourth-order valence-electron chi connectivity index (χ4n) is 2.10. The number of aromatic hydroxyl groups is 1. The fraction of sp³-hybridized carbons (Fsp3) is 0.0667. The summed E-state index contributed by atoms with van der Waals surface area (Å²) >= 11 is 0. The molecule has 3 rings (SSSR count). The van der Waals surface area contributed by atoms with Crippen LogP contribution in [-0.2, 0) is 6.54 Å². The predicted molar refractivity (Wildman–Crippen MR) is 74.3 cm³/mol. The highest BCUT2D eigenvalue weighted by Crippen LogP contribution is 2.17. The van der Waals surface area contributed by atoms with Crippen LogP contribution in [0.25, 0.3) is 5.65 Å². The molecule has 2 aromatic heterocycles. The monoisotopic (exact) mass is 321 g/mol. The van der Waals surface area contributed by atoms with Gasteiger partial charge in [-0.3, -0.25) is 4.79 Å². The Morgan fingerprint density at radius 3 is 2.74 bits per heavy atom. The third-order valence-electron chi connectivity index (χ3n) is 3.22. The first-order chi connectivity index (χ1) is 11.0. The van der Waals surface area contributed by atoms with Gasteiger partial charge >= 0.3 is 0 Å². The molecule has 8 heteroatoms. The van der Waals surface area contributed by atoms with Crippen LogP contribution in [0.4, 0.5) is 13.2 Å². The summed E-state index contributed by atoms with van der Waals surface area (Å²) in [5.41, 5.74) is 0.106. The van der Waals surface area contributed by atoms with Crippen molar-refractivity contribution in [1.82, 2.24) is 14.7 Å². The highest BCUT2D eigenvalue weighted by molar-refractivity contribution is 5.94. The Bertz CT molecular complexity index is 908. The molecule has 0 atom stereocenters. The summed E-state index contributed by atoms with van der Waals surface area (Å²) in [4.78, 5) is 16.0. The number of benzene rings is 1. The van der Waals surface area contributed by atoms with E-state index >= 15 is 0 Å². The lowest BCUT2D eigenvalue weighted by Crippen LogP contribution is -2.24. The first-order valence-corrected chi connectivity index (χ1v) is 6.54. The van der Waals surface area contributed by atoms with Crippen molar-refractivity contribution in [1.29, 1.82) is 0 Å². The standard InChI is InChI=1S/C15H10F3N3O2/c16-10-4-3-9(12(17)13(10)18)15(23)19-6-8-7-21-5-1-2-11(22)14(21)20-8/h1-5,7,22H,6H2,(H,19,23). The molecular weight excluding hydrogens is 311 g/mol. The lowest BCUT2D eigenvalue weighted by Gasteiger charge is -2.05. The Morgan fingerprint density at radius 1 is 1.22 bits per heavy atom. The summed E-state index contributed by atoms with van der Waals surface area (Å²) in [5.74, 6) is -5.54. The largest absolute Gasteiger partial charge is 0.504 e. The molecule has 0 saturated carbocycles. The van der Waals surface area contributed by atoms with Gasteiger partial charge in [-0.25, -0.2) is 18.2 Å². The molecule has 0 aliphatic carbocycles. The van der Waals surface area contributed by atoms with E-state index in [1.807, 2.05) is 0 Å². The Kier molecular flexibility index (Phi) is 3.65. The molecule has 0 fully saturated rings. The number of hydrogen-bond donors (Lipinski definition) is 2. The molecule has 0 spiro atoms. The number of nitrogens with one attached hydrogen (secondary N) is 1. The number of hydrogen-bond acceptors (Lipinski definition) is 3. The normalized spacial score (nSPS) is 10.9. The van der Waals surface area contributed by atoms with Crippen LogP contribution in [0.5, 0.6) is 5.75 Å². The van der Waals surface area contributed by atoms with Gasteiger partial charge in [-0.05, 0) is 24.3 Å². The van der Waals surface area contributed by atoms with Crippen molar-refractivity contribution in [3.05, 3.63) is 65.4 Å². The summed E-state index contributed by atoms with van der Waals surface area (Å²) in [6.07, 6.45) is 3.22. The van der Waals surface area contributed by atoms with E-state index in [-0.39, 0.29) is 12.3 Å². The van der Waals surface area contributed by atoms with Gasteiger partial charge in [0.15, 0.2) is 28.8 Å². The highest BCUT2D eigenvalue weighted by atomic mass is 19.2. The van der Waals surface area contributed by atoms with E-state index in [9.17, 15) is 23.1 Å². The maximum absolute atomic E-state index is 13.5. The van der Waals surface area contributed by atoms with Crippen LogP contribution in [-0.4, -0.2) is 20.4 Å². The van der Waals surface area contributed by atoms with Crippen molar-refractivity contribution >= 4 is 11.6 Å². The molecule has 0 bridgehead atoms. The average Bonchev–Trinajstić information content (AvgIpc) is 2.95. The Balaban J connectivity index is 1.78. The molecule has 1 amide bonds. The number of rotatable bonds is 3. The van der Waals surface area contributed by atoms with Crippen LogP contribution in [0.15, 0.2) is 36.7 Å². The minimum atomic E-state index is -1.70. The van der Waals surface area contributed by atoms with E-state index < -0.39 is 28.9 Å². The van der Waals surface area contributed by atoms with Gasteiger partial charge in [0.2, 0.25) is 0 Å². The zero-order valence-corrected chi connectivity index (χ0v) is 11.6. The van der Waals surface area contributed by atoms with Gasteiger partial charge in [0.05, 0.1) is 17.8 Å². The molecule has 2 N–H and O–H groups in total. The number of imidazole rings is 1. The Morgan fingerprint density at radius 2 is 2.00 bits per heavy atom. The topological polar surface area (TPSA) is 66.6 Å². The van der Waals surface area contributed by atoms with Crippen molar-refractivity contribution in [2.24, 2.45) is 0 Å². The third kappa shape index (κ3) is 2.70. The van der Waals surface area contributed by atoms with Crippen LogP contribution in [0.2, 0.25) is 0 Å². The van der Waals surface area contributed by atoms with Crippen molar-refractivity contribution < 1.29 is 23.1 Å². The number of pyridine rings is 1. The van der Waals surface area contributed by atoms with Crippen LogP contribution in [0.3, 0.4) is 0 Å². The van der Waals surface area contributed by atoms with Crippen molar-refractivity contribution in [2.75, 3.05) is 0 Å². The van der Waals surface area contributed by atoms with Gasteiger partial charge in [0, 0.05) is 12.4 Å². The first kappa shape index (κ1) is 14.9. The first-order valence-electron chi connectivity index (χ1n) is 6.54. The second kappa shape index (κ2) is 5.64. The lowest BCUT2D eigenvalue weighted by molar-refractivity contribution is 0.0945. The molecule has 0 saturated heterocycles. The fourth-order valence-corrected chi connectivity index (χ4v) is 2.10. The molecule has 0 aliphatic heterocycles. The summed E-state index contributed by atoms with van der Waals surface area (Å²) in [6.45, 7) is -0.0710. The smallest absolute Gasteiger partial charge is 0.254 e. The van der Waals surface area contributed by atoms with Gasteiger partial charge in [-0.15, -0.1) is 0 Å². The number of fused-ring (bicyclic) bond motifs is 1. The summed E-state index contributed by atoms with van der Waals surface area (Å²) in [5, 5.41) is 12.0. The van der Waals surface area contributed by atoms with Crippen molar-refractivity contribution in [3.63, 3.8) is 0 Å². The zero-order valence-electron chi connectivity index (χ0n) is 11.6. The minimum absolute atomic E-state index is 0.0308. The number of aromatic nitrogens is 2. The number of halogens is 3. The molecule has 2 heterocycles. The molecule has 0 unspecified atom stereocenters. The van der Waals surface area contributed by atoms with Gasteiger partial charge in [0.25, 0.3) is 5.91 Å². The molecule has 5 nitrogen and oxygen atoms in total. The van der Waals surface area contributed by atoms with Crippen molar-refractivity contribution in [3.8, 4) is 5.75 Å².